The number of hydrogen-bond acceptors (Lipinski definition) is 4. The van der Waals surface area contributed by atoms with Gasteiger partial charge in [0.1, 0.15) is 6.33 Å². The molecule has 32 heavy (non-hydrogen) atoms. The molecule has 0 saturated carbocycles. The number of carbonyl (C=O) groups is 1. The number of imidazole rings is 2. The van der Waals surface area contributed by atoms with Gasteiger partial charge in [-0.25, -0.2) is 19.7 Å². The number of fused-ring (bicyclic) bond motifs is 1. The summed E-state index contributed by atoms with van der Waals surface area (Å²) in [4.78, 5) is 25.9. The minimum Gasteiger partial charge on any atom is -0.308 e. The molecule has 3 heterocycles. The fourth-order valence-corrected chi connectivity index (χ4v) is 3.47. The monoisotopic (exact) mass is 443 g/mol. The average molecular weight is 444 g/mol. The van der Waals surface area contributed by atoms with Gasteiger partial charge in [-0.1, -0.05) is 23.7 Å². The predicted octanol–water partition coefficient (Wildman–Crippen LogP) is 5.19. The molecule has 2 amide bonds. The lowest BCUT2D eigenvalue weighted by atomic mass is 10.1. The molecule has 8 nitrogen and oxygen atoms in total. The van der Waals surface area contributed by atoms with Gasteiger partial charge in [0.15, 0.2) is 11.5 Å². The van der Waals surface area contributed by atoms with Crippen LogP contribution in [0.2, 0.25) is 5.02 Å². The Morgan fingerprint density at radius 2 is 1.81 bits per heavy atom. The van der Waals surface area contributed by atoms with E-state index >= 15 is 0 Å². The highest BCUT2D eigenvalue weighted by Gasteiger charge is 2.12. The Labute approximate surface area is 188 Å². The van der Waals surface area contributed by atoms with Gasteiger partial charge in [0.25, 0.3) is 0 Å². The number of urea groups is 1. The Kier molecular flexibility index (Phi) is 5.04. The van der Waals surface area contributed by atoms with Crippen molar-refractivity contribution < 1.29 is 4.79 Å². The number of nitrogens with zero attached hydrogens (tertiary/aromatic N) is 5. The molecule has 0 saturated heterocycles. The number of halogens is 1. The summed E-state index contributed by atoms with van der Waals surface area (Å²) >= 11 is 5.89. The van der Waals surface area contributed by atoms with E-state index in [4.69, 9.17) is 16.6 Å². The summed E-state index contributed by atoms with van der Waals surface area (Å²) in [5, 5.41) is 6.24. The van der Waals surface area contributed by atoms with Crippen LogP contribution in [0.15, 0.2) is 79.6 Å². The summed E-state index contributed by atoms with van der Waals surface area (Å²) in [6, 6.07) is 14.1. The normalized spacial score (nSPS) is 10.9. The van der Waals surface area contributed by atoms with Gasteiger partial charge in [-0.05, 0) is 43.3 Å². The maximum absolute atomic E-state index is 12.4. The van der Waals surface area contributed by atoms with Crippen LogP contribution in [-0.4, -0.2) is 30.0 Å². The van der Waals surface area contributed by atoms with E-state index in [2.05, 4.69) is 20.6 Å². The molecule has 2 N–H and O–H groups in total. The Morgan fingerprint density at radius 3 is 2.59 bits per heavy atom. The molecular formula is C23H18ClN7O. The van der Waals surface area contributed by atoms with Crippen molar-refractivity contribution >= 4 is 34.7 Å². The van der Waals surface area contributed by atoms with Gasteiger partial charge >= 0.3 is 6.03 Å². The molecule has 5 rings (SSSR count). The van der Waals surface area contributed by atoms with Crippen molar-refractivity contribution in [3.63, 3.8) is 0 Å². The Balaban J connectivity index is 1.44. The van der Waals surface area contributed by atoms with E-state index in [0.29, 0.717) is 22.2 Å². The van der Waals surface area contributed by atoms with Gasteiger partial charge in [0.2, 0.25) is 0 Å². The molecular weight excluding hydrogens is 426 g/mol. The SMILES string of the molecule is Cc1cn(-c2nc(-c3cccc(NC(=O)Nc4ccc(Cl)cc4)c3)cn3ccnc23)cn1. The van der Waals surface area contributed by atoms with Crippen LogP contribution in [0.1, 0.15) is 5.69 Å². The van der Waals surface area contributed by atoms with E-state index in [-0.39, 0.29) is 6.03 Å². The molecule has 0 aliphatic heterocycles. The Hall–Kier alpha value is -4.17. The Morgan fingerprint density at radius 1 is 1.00 bits per heavy atom. The van der Waals surface area contributed by atoms with Crippen molar-refractivity contribution in [2.45, 2.75) is 6.92 Å². The Bertz CT molecular complexity index is 1420. The fraction of sp³-hybridized carbons (Fsp3) is 0.0435. The number of nitrogens with one attached hydrogen (secondary N) is 2. The van der Waals surface area contributed by atoms with Gasteiger partial charge in [-0.3, -0.25) is 4.57 Å². The van der Waals surface area contributed by atoms with Crippen LogP contribution in [0.5, 0.6) is 0 Å². The number of rotatable bonds is 4. The predicted molar refractivity (Wildman–Crippen MR) is 124 cm³/mol. The van der Waals surface area contributed by atoms with Crippen LogP contribution >= 0.6 is 11.6 Å². The van der Waals surface area contributed by atoms with Crippen LogP contribution in [0, 0.1) is 6.92 Å². The third-order valence-electron chi connectivity index (χ3n) is 4.83. The first-order valence-electron chi connectivity index (χ1n) is 9.84. The summed E-state index contributed by atoms with van der Waals surface area (Å²) in [7, 11) is 0. The van der Waals surface area contributed by atoms with E-state index in [1.54, 1.807) is 36.8 Å². The van der Waals surface area contributed by atoms with Crippen LogP contribution in [0.4, 0.5) is 16.2 Å². The summed E-state index contributed by atoms with van der Waals surface area (Å²) in [5.74, 6) is 0.673. The minimum atomic E-state index is -0.350. The van der Waals surface area contributed by atoms with Gasteiger partial charge in [-0.2, -0.15) is 0 Å². The van der Waals surface area contributed by atoms with Crippen molar-refractivity contribution in [1.82, 2.24) is 23.9 Å². The fourth-order valence-electron chi connectivity index (χ4n) is 3.35. The standard InChI is InChI=1S/C23H18ClN7O/c1-15-12-31(14-26-15)22-21-25-9-10-30(21)13-20(29-22)16-3-2-4-19(11-16)28-23(32)27-18-7-5-17(24)6-8-18/h2-14H,1H3,(H2,27,28,32). The largest absolute Gasteiger partial charge is 0.323 e. The second-order valence-corrected chi connectivity index (χ2v) is 7.63. The number of hydrogen-bond donors (Lipinski definition) is 2. The van der Waals surface area contributed by atoms with Gasteiger partial charge in [-0.15, -0.1) is 0 Å². The average Bonchev–Trinajstić information content (AvgIpc) is 3.43. The van der Waals surface area contributed by atoms with Crippen LogP contribution in [0.3, 0.4) is 0 Å². The third kappa shape index (κ3) is 4.03. The van der Waals surface area contributed by atoms with Crippen molar-refractivity contribution in [1.29, 1.82) is 0 Å². The molecule has 2 aromatic carbocycles. The van der Waals surface area contributed by atoms with Gasteiger partial charge in [0.05, 0.1) is 11.4 Å². The quantitative estimate of drug-likeness (QED) is 0.400. The summed E-state index contributed by atoms with van der Waals surface area (Å²) in [6.45, 7) is 1.92. The second-order valence-electron chi connectivity index (χ2n) is 7.20. The molecule has 5 aromatic rings. The maximum atomic E-state index is 12.4. The molecule has 0 aliphatic rings. The first-order chi connectivity index (χ1) is 15.5. The minimum absolute atomic E-state index is 0.350. The lowest BCUT2D eigenvalue weighted by Gasteiger charge is -2.11. The van der Waals surface area contributed by atoms with Crippen LogP contribution in [0.25, 0.3) is 22.7 Å². The molecule has 9 heteroatoms. The number of aryl methyl sites for hydroxylation is 1. The van der Waals surface area contributed by atoms with Gasteiger partial charge in [0, 0.05) is 46.7 Å². The van der Waals surface area contributed by atoms with Crippen molar-refractivity contribution in [3.8, 4) is 17.1 Å². The van der Waals surface area contributed by atoms with E-state index in [1.807, 2.05) is 58.7 Å². The molecule has 0 aliphatic carbocycles. The number of amides is 2. The van der Waals surface area contributed by atoms with E-state index in [0.717, 1.165) is 22.6 Å². The zero-order chi connectivity index (χ0) is 22.1. The third-order valence-corrected chi connectivity index (χ3v) is 5.08. The topological polar surface area (TPSA) is 89.1 Å². The first-order valence-corrected chi connectivity index (χ1v) is 10.2. The van der Waals surface area contributed by atoms with Crippen LogP contribution in [-0.2, 0) is 0 Å². The highest BCUT2D eigenvalue weighted by atomic mass is 35.5. The van der Waals surface area contributed by atoms with Crippen molar-refractivity contribution in [2.75, 3.05) is 10.6 Å². The highest BCUT2D eigenvalue weighted by molar-refractivity contribution is 6.30. The lowest BCUT2D eigenvalue weighted by molar-refractivity contribution is 0.262. The second kappa shape index (κ2) is 8.16. The summed E-state index contributed by atoms with van der Waals surface area (Å²) in [6.07, 6.45) is 9.13. The number of carbonyl (C=O) groups excluding carboxylic acids is 1. The number of benzene rings is 2. The summed E-state index contributed by atoms with van der Waals surface area (Å²) < 4.78 is 3.77. The lowest BCUT2D eigenvalue weighted by Crippen LogP contribution is -2.19. The molecule has 0 radical (unpaired) electrons. The molecule has 158 valence electrons. The molecule has 0 spiro atoms. The zero-order valence-corrected chi connectivity index (χ0v) is 17.8. The van der Waals surface area contributed by atoms with Crippen LogP contribution < -0.4 is 10.6 Å². The molecule has 3 aromatic heterocycles. The first kappa shape index (κ1) is 19.8. The van der Waals surface area contributed by atoms with Crippen molar-refractivity contribution in [2.24, 2.45) is 0 Å². The molecule has 0 fully saturated rings. The van der Waals surface area contributed by atoms with Crippen molar-refractivity contribution in [3.05, 3.63) is 90.4 Å². The zero-order valence-electron chi connectivity index (χ0n) is 17.0. The number of anilines is 2. The smallest absolute Gasteiger partial charge is 0.308 e. The summed E-state index contributed by atoms with van der Waals surface area (Å²) in [5.41, 5.74) is 4.49. The number of aromatic nitrogens is 5. The highest BCUT2D eigenvalue weighted by Crippen LogP contribution is 2.24. The molecule has 0 bridgehead atoms. The van der Waals surface area contributed by atoms with E-state index < -0.39 is 0 Å². The van der Waals surface area contributed by atoms with E-state index in [1.165, 1.54) is 0 Å². The maximum Gasteiger partial charge on any atom is 0.323 e. The van der Waals surface area contributed by atoms with Gasteiger partial charge < -0.3 is 15.0 Å². The molecule has 0 unspecified atom stereocenters. The van der Waals surface area contributed by atoms with E-state index in [9.17, 15) is 4.79 Å². The molecule has 0 atom stereocenters.